The van der Waals surface area contributed by atoms with E-state index < -0.39 is 22.0 Å². The van der Waals surface area contributed by atoms with E-state index in [0.717, 1.165) is 19.1 Å². The fraction of sp³-hybridized carbons (Fsp3) is 0.300. The highest BCUT2D eigenvalue weighted by molar-refractivity contribution is 7.88. The molecule has 2 aromatic rings. The monoisotopic (exact) mass is 420 g/mol. The van der Waals surface area contributed by atoms with Gasteiger partial charge in [-0.25, -0.2) is 8.42 Å². The number of benzene rings is 2. The number of carbonyl (C=O) groups excluding carboxylic acids is 2. The lowest BCUT2D eigenvalue weighted by atomic mass is 10.0. The highest BCUT2D eigenvalue weighted by Gasteiger charge is 2.34. The highest BCUT2D eigenvalue weighted by Crippen LogP contribution is 2.26. The van der Waals surface area contributed by atoms with E-state index in [0.29, 0.717) is 29.2 Å². The van der Waals surface area contributed by atoms with Crippen LogP contribution in [0.1, 0.15) is 35.2 Å². The normalized spacial score (nSPS) is 17.9. The summed E-state index contributed by atoms with van der Waals surface area (Å²) in [5.41, 5.74) is 1.03. The van der Waals surface area contributed by atoms with Gasteiger partial charge in [0.15, 0.2) is 5.78 Å². The maximum atomic E-state index is 12.9. The van der Waals surface area contributed by atoms with Gasteiger partial charge >= 0.3 is 0 Å². The number of nitrogens with zero attached hydrogens (tertiary/aromatic N) is 1. The Kier molecular flexibility index (Phi) is 6.17. The van der Waals surface area contributed by atoms with Crippen LogP contribution >= 0.6 is 11.6 Å². The number of anilines is 1. The molecule has 1 aliphatic heterocycles. The summed E-state index contributed by atoms with van der Waals surface area (Å²) in [6.45, 7) is 0.313. The predicted molar refractivity (Wildman–Crippen MR) is 109 cm³/mol. The highest BCUT2D eigenvalue weighted by atomic mass is 35.5. The first-order chi connectivity index (χ1) is 13.3. The minimum absolute atomic E-state index is 0.258. The molecule has 3 rings (SSSR count). The van der Waals surface area contributed by atoms with Crippen molar-refractivity contribution < 1.29 is 18.0 Å². The molecule has 1 N–H and O–H groups in total. The first-order valence-corrected chi connectivity index (χ1v) is 11.2. The predicted octanol–water partition coefficient (Wildman–Crippen LogP) is 3.32. The molecular formula is C20H21ClN2O4S. The van der Waals surface area contributed by atoms with Gasteiger partial charge in [-0.3, -0.25) is 9.59 Å². The van der Waals surface area contributed by atoms with Crippen molar-refractivity contribution in [3.63, 3.8) is 0 Å². The van der Waals surface area contributed by atoms with Crippen molar-refractivity contribution in [3.8, 4) is 0 Å². The quantitative estimate of drug-likeness (QED) is 0.752. The van der Waals surface area contributed by atoms with Crippen LogP contribution in [-0.4, -0.2) is 43.3 Å². The van der Waals surface area contributed by atoms with Gasteiger partial charge in [-0.05, 0) is 31.0 Å². The summed E-state index contributed by atoms with van der Waals surface area (Å²) in [4.78, 5) is 25.7. The zero-order valence-corrected chi connectivity index (χ0v) is 17.0. The summed E-state index contributed by atoms with van der Waals surface area (Å²) in [7, 11) is -3.50. The van der Waals surface area contributed by atoms with Gasteiger partial charge in [0.05, 0.1) is 11.9 Å². The van der Waals surface area contributed by atoms with Gasteiger partial charge in [0.25, 0.3) is 0 Å². The van der Waals surface area contributed by atoms with E-state index in [9.17, 15) is 18.0 Å². The lowest BCUT2D eigenvalue weighted by molar-refractivity contribution is -0.120. The van der Waals surface area contributed by atoms with E-state index in [1.165, 1.54) is 10.4 Å². The number of ketones is 1. The van der Waals surface area contributed by atoms with Crippen LogP contribution in [0.2, 0.25) is 5.02 Å². The summed E-state index contributed by atoms with van der Waals surface area (Å²) in [6, 6.07) is 12.5. The number of piperidine rings is 1. The molecule has 1 fully saturated rings. The third-order valence-electron chi connectivity index (χ3n) is 4.70. The Bertz CT molecular complexity index is 993. The number of carbonyl (C=O) groups is 2. The van der Waals surface area contributed by atoms with Crippen LogP contribution in [-0.2, 0) is 14.8 Å². The van der Waals surface area contributed by atoms with Crippen molar-refractivity contribution in [3.05, 3.63) is 64.7 Å². The first kappa shape index (κ1) is 20.5. The molecule has 8 heteroatoms. The first-order valence-electron chi connectivity index (χ1n) is 8.94. The average Bonchev–Trinajstić information content (AvgIpc) is 2.68. The summed E-state index contributed by atoms with van der Waals surface area (Å²) in [6.07, 6.45) is 3.02. The van der Waals surface area contributed by atoms with Crippen LogP contribution < -0.4 is 5.32 Å². The van der Waals surface area contributed by atoms with Gasteiger partial charge in [0.1, 0.15) is 6.04 Å². The number of nitrogens with one attached hydrogen (secondary N) is 1. The molecule has 0 spiro atoms. The Hall–Kier alpha value is -2.22. The third kappa shape index (κ3) is 4.60. The fourth-order valence-corrected chi connectivity index (χ4v) is 4.63. The second kappa shape index (κ2) is 8.43. The maximum Gasteiger partial charge on any atom is 0.242 e. The van der Waals surface area contributed by atoms with Crippen molar-refractivity contribution in [2.75, 3.05) is 18.1 Å². The van der Waals surface area contributed by atoms with Crippen molar-refractivity contribution in [2.24, 2.45) is 0 Å². The summed E-state index contributed by atoms with van der Waals surface area (Å²) in [5, 5.41) is 3.10. The van der Waals surface area contributed by atoms with Gasteiger partial charge in [-0.1, -0.05) is 48.4 Å². The van der Waals surface area contributed by atoms with Crippen LogP contribution in [0.5, 0.6) is 0 Å². The van der Waals surface area contributed by atoms with Crippen molar-refractivity contribution in [1.82, 2.24) is 4.31 Å². The van der Waals surface area contributed by atoms with Crippen molar-refractivity contribution >= 4 is 39.0 Å². The van der Waals surface area contributed by atoms with Crippen LogP contribution in [0.4, 0.5) is 5.69 Å². The van der Waals surface area contributed by atoms with Gasteiger partial charge < -0.3 is 5.32 Å². The minimum atomic E-state index is -3.50. The van der Waals surface area contributed by atoms with Crippen LogP contribution in [0.15, 0.2) is 48.5 Å². The van der Waals surface area contributed by atoms with Gasteiger partial charge in [-0.2, -0.15) is 4.31 Å². The zero-order valence-electron chi connectivity index (χ0n) is 15.4. The maximum absolute atomic E-state index is 12.9. The average molecular weight is 421 g/mol. The van der Waals surface area contributed by atoms with E-state index >= 15 is 0 Å². The molecule has 0 radical (unpaired) electrons. The van der Waals surface area contributed by atoms with E-state index in [1.807, 2.05) is 0 Å². The molecule has 1 heterocycles. The van der Waals surface area contributed by atoms with Crippen molar-refractivity contribution in [1.29, 1.82) is 0 Å². The molecule has 1 amide bonds. The second-order valence-corrected chi connectivity index (χ2v) is 9.13. The van der Waals surface area contributed by atoms with E-state index in [4.69, 9.17) is 11.6 Å². The molecule has 1 atom stereocenters. The standard InChI is InChI=1S/C20H21ClN2O4S/c1-28(26,27)23-12-6-5-9-18(23)20(25)22-17-11-10-15(21)13-16(17)19(24)14-7-3-2-4-8-14/h2-4,7-8,10-11,13,18H,5-6,9,12H2,1H3,(H,22,25). The van der Waals surface area contributed by atoms with Crippen LogP contribution in [0.25, 0.3) is 0 Å². The van der Waals surface area contributed by atoms with Gasteiger partial charge in [0.2, 0.25) is 15.9 Å². The molecule has 1 aliphatic rings. The lowest BCUT2D eigenvalue weighted by Gasteiger charge is -2.32. The van der Waals surface area contributed by atoms with Crippen molar-refractivity contribution in [2.45, 2.75) is 25.3 Å². The molecule has 0 aliphatic carbocycles. The largest absolute Gasteiger partial charge is 0.324 e. The Labute approximate surface area is 169 Å². The van der Waals surface area contributed by atoms with E-state index in [-0.39, 0.29) is 11.3 Å². The van der Waals surface area contributed by atoms with Gasteiger partial charge in [0, 0.05) is 22.7 Å². The molecule has 0 aromatic heterocycles. The second-order valence-electron chi connectivity index (χ2n) is 6.76. The summed E-state index contributed by atoms with van der Waals surface area (Å²) in [5.74, 6) is -0.725. The third-order valence-corrected chi connectivity index (χ3v) is 6.23. The Morgan fingerprint density at radius 3 is 2.50 bits per heavy atom. The molecule has 0 saturated carbocycles. The fourth-order valence-electron chi connectivity index (χ4n) is 3.34. The van der Waals surface area contributed by atoms with E-state index in [1.54, 1.807) is 42.5 Å². The Balaban J connectivity index is 1.90. The number of rotatable bonds is 5. The molecule has 6 nitrogen and oxygen atoms in total. The van der Waals surface area contributed by atoms with Gasteiger partial charge in [-0.15, -0.1) is 0 Å². The zero-order chi connectivity index (χ0) is 20.3. The molecular weight excluding hydrogens is 400 g/mol. The summed E-state index contributed by atoms with van der Waals surface area (Å²) >= 11 is 6.06. The summed E-state index contributed by atoms with van der Waals surface area (Å²) < 4.78 is 25.3. The topological polar surface area (TPSA) is 83.6 Å². The minimum Gasteiger partial charge on any atom is -0.324 e. The number of hydrogen-bond acceptors (Lipinski definition) is 4. The molecule has 1 unspecified atom stereocenters. The lowest BCUT2D eigenvalue weighted by Crippen LogP contribution is -2.49. The number of amides is 1. The molecule has 148 valence electrons. The van der Waals surface area contributed by atoms with Crippen LogP contribution in [0, 0.1) is 0 Å². The number of sulfonamides is 1. The Morgan fingerprint density at radius 1 is 1.11 bits per heavy atom. The molecule has 28 heavy (non-hydrogen) atoms. The van der Waals surface area contributed by atoms with Crippen LogP contribution in [0.3, 0.4) is 0 Å². The smallest absolute Gasteiger partial charge is 0.242 e. The molecule has 2 aromatic carbocycles. The Morgan fingerprint density at radius 2 is 1.82 bits per heavy atom. The molecule has 1 saturated heterocycles. The van der Waals surface area contributed by atoms with E-state index in [2.05, 4.69) is 5.32 Å². The number of hydrogen-bond donors (Lipinski definition) is 1. The molecule has 0 bridgehead atoms. The SMILES string of the molecule is CS(=O)(=O)N1CCCCC1C(=O)Nc1ccc(Cl)cc1C(=O)c1ccccc1. The number of halogens is 1.